The average molecular weight is 632 g/mol. The van der Waals surface area contributed by atoms with Gasteiger partial charge in [-0.2, -0.15) is 0 Å². The maximum atomic E-state index is 13.2. The summed E-state index contributed by atoms with van der Waals surface area (Å²) in [5.41, 5.74) is 3.13. The van der Waals surface area contributed by atoms with Gasteiger partial charge >= 0.3 is 5.97 Å². The Kier molecular flexibility index (Phi) is 7.29. The zero-order valence-corrected chi connectivity index (χ0v) is 23.8. The third-order valence-electron chi connectivity index (χ3n) is 7.65. The number of esters is 1. The molecule has 2 aromatic rings. The highest BCUT2D eigenvalue weighted by atomic mass is 79.9. The number of alkyl halides is 2. The molecule has 7 nitrogen and oxygen atoms in total. The molecule has 9 heteroatoms. The molecule has 2 heterocycles. The van der Waals surface area contributed by atoms with Gasteiger partial charge in [-0.05, 0) is 67.6 Å². The lowest BCUT2D eigenvalue weighted by Crippen LogP contribution is -2.34. The number of rotatable bonds is 5. The second kappa shape index (κ2) is 10.3. The Labute approximate surface area is 232 Å². The van der Waals surface area contributed by atoms with Gasteiger partial charge in [0, 0.05) is 28.3 Å². The van der Waals surface area contributed by atoms with Gasteiger partial charge in [0.15, 0.2) is 0 Å². The Morgan fingerprint density at radius 1 is 0.973 bits per heavy atom. The van der Waals surface area contributed by atoms with Gasteiger partial charge in [0.1, 0.15) is 5.75 Å². The van der Waals surface area contributed by atoms with Crippen molar-refractivity contribution in [1.29, 1.82) is 0 Å². The molecule has 0 aromatic heterocycles. The quantitative estimate of drug-likeness (QED) is 0.202. The molecule has 1 aliphatic carbocycles. The molecule has 0 radical (unpaired) electrons. The number of carbonyl (C=O) groups is 4. The number of imide groups is 1. The summed E-state index contributed by atoms with van der Waals surface area (Å²) in [6.07, 6.45) is 2.22. The number of fused-ring (bicyclic) bond motifs is 1. The van der Waals surface area contributed by atoms with Gasteiger partial charge in [0.25, 0.3) is 0 Å². The molecule has 0 spiro atoms. The monoisotopic (exact) mass is 630 g/mol. The first-order chi connectivity index (χ1) is 17.7. The molecule has 194 valence electrons. The van der Waals surface area contributed by atoms with Gasteiger partial charge in [-0.15, -0.1) is 0 Å². The lowest BCUT2D eigenvalue weighted by Gasteiger charge is -2.29. The molecule has 2 saturated heterocycles. The van der Waals surface area contributed by atoms with Crippen molar-refractivity contribution in [3.8, 4) is 5.75 Å². The van der Waals surface area contributed by atoms with Crippen LogP contribution >= 0.6 is 31.9 Å². The molecule has 3 fully saturated rings. The summed E-state index contributed by atoms with van der Waals surface area (Å²) in [5.74, 6) is -1.85. The zero-order valence-electron chi connectivity index (χ0n) is 20.7. The van der Waals surface area contributed by atoms with E-state index in [2.05, 4.69) is 38.8 Å². The Morgan fingerprint density at radius 3 is 2.16 bits per heavy atom. The molecule has 2 aromatic carbocycles. The summed E-state index contributed by atoms with van der Waals surface area (Å²) in [4.78, 5) is 55.0. The van der Waals surface area contributed by atoms with Crippen molar-refractivity contribution in [2.75, 3.05) is 16.3 Å². The summed E-state index contributed by atoms with van der Waals surface area (Å²) in [7, 11) is 0. The summed E-state index contributed by atoms with van der Waals surface area (Å²) in [6, 6.07) is 12.7. The Balaban J connectivity index is 1.27. The fourth-order valence-corrected chi connectivity index (χ4v) is 6.74. The number of benzene rings is 2. The average Bonchev–Trinajstić information content (AvgIpc) is 3.37. The van der Waals surface area contributed by atoms with Crippen LogP contribution in [0.1, 0.15) is 37.3 Å². The number of anilines is 2. The van der Waals surface area contributed by atoms with Crippen molar-refractivity contribution in [2.45, 2.75) is 49.2 Å². The fraction of sp³-hybridized carbons (Fsp3) is 0.429. The molecule has 0 unspecified atom stereocenters. The third kappa shape index (κ3) is 4.88. The van der Waals surface area contributed by atoms with E-state index < -0.39 is 11.9 Å². The lowest BCUT2D eigenvalue weighted by atomic mass is 9.81. The third-order valence-corrected chi connectivity index (χ3v) is 10.4. The second-order valence-corrected chi connectivity index (χ2v) is 12.4. The van der Waals surface area contributed by atoms with Gasteiger partial charge in [0.2, 0.25) is 17.7 Å². The molecule has 3 aliphatic rings. The number of halogens is 2. The van der Waals surface area contributed by atoms with E-state index >= 15 is 0 Å². The molecule has 37 heavy (non-hydrogen) atoms. The Hall–Kier alpha value is -2.52. The van der Waals surface area contributed by atoms with E-state index in [9.17, 15) is 19.2 Å². The zero-order chi connectivity index (χ0) is 26.4. The van der Waals surface area contributed by atoms with Crippen molar-refractivity contribution >= 4 is 66.9 Å². The van der Waals surface area contributed by atoms with Crippen LogP contribution in [0.15, 0.2) is 42.5 Å². The van der Waals surface area contributed by atoms with Crippen LogP contribution in [0, 0.1) is 24.7 Å². The van der Waals surface area contributed by atoms with Crippen LogP contribution in [0.3, 0.4) is 0 Å². The summed E-state index contributed by atoms with van der Waals surface area (Å²) >= 11 is 7.23. The molecule has 5 rings (SSSR count). The van der Waals surface area contributed by atoms with Crippen LogP contribution in [0.4, 0.5) is 11.4 Å². The highest BCUT2D eigenvalue weighted by Gasteiger charge is 2.52. The van der Waals surface area contributed by atoms with E-state index in [-0.39, 0.29) is 52.2 Å². The van der Waals surface area contributed by atoms with Crippen molar-refractivity contribution in [3.05, 3.63) is 53.6 Å². The number of carbonyl (C=O) groups excluding carboxylic acids is 4. The van der Waals surface area contributed by atoms with Crippen LogP contribution < -0.4 is 14.5 Å². The smallest absolute Gasteiger partial charge is 0.316 e. The highest BCUT2D eigenvalue weighted by molar-refractivity contribution is 9.12. The van der Waals surface area contributed by atoms with Gasteiger partial charge in [-0.25, -0.2) is 4.90 Å². The highest BCUT2D eigenvalue weighted by Crippen LogP contribution is 2.45. The molecule has 0 N–H and O–H groups in total. The molecule has 2 aliphatic heterocycles. The van der Waals surface area contributed by atoms with Crippen LogP contribution in [0.2, 0.25) is 0 Å². The summed E-state index contributed by atoms with van der Waals surface area (Å²) in [6.45, 7) is 4.13. The molecule has 3 amide bonds. The Bertz CT molecular complexity index is 1240. The first-order valence-corrected chi connectivity index (χ1v) is 14.4. The van der Waals surface area contributed by atoms with Crippen molar-refractivity contribution in [3.63, 3.8) is 0 Å². The Morgan fingerprint density at radius 2 is 1.59 bits per heavy atom. The van der Waals surface area contributed by atoms with E-state index in [4.69, 9.17) is 4.74 Å². The first kappa shape index (κ1) is 26.1. The fourth-order valence-electron chi connectivity index (χ4n) is 5.50. The van der Waals surface area contributed by atoms with Crippen LogP contribution in [-0.4, -0.2) is 39.9 Å². The second-order valence-electron chi connectivity index (χ2n) is 10.0. The number of hydrogen-bond donors (Lipinski definition) is 0. The molecule has 1 saturated carbocycles. The number of nitrogens with zero attached hydrogens (tertiary/aromatic N) is 2. The minimum absolute atomic E-state index is 0.0914. The van der Waals surface area contributed by atoms with Crippen molar-refractivity contribution in [1.82, 2.24) is 0 Å². The summed E-state index contributed by atoms with van der Waals surface area (Å²) < 4.78 is 5.62. The SMILES string of the molecule is CCc1ccc(N2C[C@H](C(=O)Oc3ccc(N4C(=O)[C@@H]5C[C@H](Br)[C@@H](Br)C[C@H]5C4=O)c(C)c3)CC2=O)cc1. The number of amides is 3. The predicted molar refractivity (Wildman–Crippen MR) is 147 cm³/mol. The predicted octanol–water partition coefficient (Wildman–Crippen LogP) is 4.94. The molecular formula is C28H28Br2N2O5. The topological polar surface area (TPSA) is 84.0 Å². The van der Waals surface area contributed by atoms with Gasteiger partial charge < -0.3 is 9.64 Å². The van der Waals surface area contributed by atoms with Crippen molar-refractivity contribution < 1.29 is 23.9 Å². The first-order valence-electron chi connectivity index (χ1n) is 12.6. The number of ether oxygens (including phenoxy) is 1. The normalized spacial score (nSPS) is 27.6. The largest absolute Gasteiger partial charge is 0.426 e. The molecule has 0 bridgehead atoms. The van der Waals surface area contributed by atoms with Gasteiger partial charge in [-0.1, -0.05) is 50.9 Å². The van der Waals surface area contributed by atoms with Crippen LogP contribution in [0.25, 0.3) is 0 Å². The maximum absolute atomic E-state index is 13.2. The van der Waals surface area contributed by atoms with Gasteiger partial charge in [0.05, 0.1) is 23.4 Å². The van der Waals surface area contributed by atoms with E-state index in [1.54, 1.807) is 30.0 Å². The molecule has 5 atom stereocenters. The number of hydrogen-bond acceptors (Lipinski definition) is 5. The van der Waals surface area contributed by atoms with E-state index in [0.717, 1.165) is 12.1 Å². The van der Waals surface area contributed by atoms with Crippen LogP contribution in [0.5, 0.6) is 5.75 Å². The minimum Gasteiger partial charge on any atom is -0.426 e. The van der Waals surface area contributed by atoms with Crippen molar-refractivity contribution in [2.24, 2.45) is 17.8 Å². The lowest BCUT2D eigenvalue weighted by molar-refractivity contribution is -0.139. The van der Waals surface area contributed by atoms with Gasteiger partial charge in [-0.3, -0.25) is 19.2 Å². The number of aryl methyl sites for hydroxylation is 2. The van der Waals surface area contributed by atoms with Crippen LogP contribution in [-0.2, 0) is 25.6 Å². The standard InChI is InChI=1S/C28H28Br2N2O5/c1-3-16-4-6-18(7-5-16)31-14-17(11-25(31)33)28(36)37-19-8-9-24(15(2)10-19)32-26(34)20-12-22(29)23(30)13-21(20)27(32)35/h4-10,17,20-23H,3,11-14H2,1-2H3/t17-,20-,21-,22+,23+/m1/s1. The van der Waals surface area contributed by atoms with E-state index in [0.29, 0.717) is 29.8 Å². The van der Waals surface area contributed by atoms with E-state index in [1.807, 2.05) is 24.3 Å². The molecular weight excluding hydrogens is 604 g/mol. The van der Waals surface area contributed by atoms with E-state index in [1.165, 1.54) is 10.5 Å². The maximum Gasteiger partial charge on any atom is 0.316 e. The minimum atomic E-state index is -0.572. The summed E-state index contributed by atoms with van der Waals surface area (Å²) in [5, 5.41) is 0.